The van der Waals surface area contributed by atoms with Crippen LogP contribution in [0, 0.1) is 5.92 Å². The van der Waals surface area contributed by atoms with Crippen molar-refractivity contribution in [2.45, 2.75) is 95.0 Å². The van der Waals surface area contributed by atoms with E-state index in [1.165, 1.54) is 45.9 Å². The number of amides is 7. The topological polar surface area (TPSA) is 287 Å². The number of aromatic hydroxyl groups is 1. The molecule has 2 bridgehead atoms. The van der Waals surface area contributed by atoms with Crippen molar-refractivity contribution in [1.29, 1.82) is 0 Å². The number of benzene rings is 1. The number of phenolic OH excluding ortho intramolecular Hbond substituents is 1. The molecule has 2 aliphatic heterocycles. The molecule has 298 valence electrons. The van der Waals surface area contributed by atoms with Gasteiger partial charge in [-0.25, -0.2) is 0 Å². The number of carboxylic acid groups (broad SMARTS) is 1. The van der Waals surface area contributed by atoms with Gasteiger partial charge in [0.05, 0.1) is 6.54 Å². The molecule has 2 aliphatic rings. The minimum atomic E-state index is -1.47. The zero-order chi connectivity index (χ0) is 39.8. The van der Waals surface area contributed by atoms with Crippen molar-refractivity contribution < 1.29 is 48.6 Å². The number of carbonyl (C=O) groups excluding carboxylic acids is 7. The predicted molar refractivity (Wildman–Crippen MR) is 201 cm³/mol. The molecule has 2 saturated heterocycles. The van der Waals surface area contributed by atoms with E-state index in [4.69, 9.17) is 5.73 Å². The molecule has 1 aromatic carbocycles. The molecule has 7 amide bonds. The summed E-state index contributed by atoms with van der Waals surface area (Å²) < 4.78 is 0. The Kier molecular flexibility index (Phi) is 17.8. The monoisotopic (exact) mass is 794 g/mol. The average Bonchev–Trinajstić information content (AvgIpc) is 3.11. The van der Waals surface area contributed by atoms with Crippen molar-refractivity contribution >= 4 is 68.9 Å². The lowest BCUT2D eigenvalue weighted by Gasteiger charge is -2.28. The van der Waals surface area contributed by atoms with E-state index in [0.29, 0.717) is 24.9 Å². The number of aliphatic carboxylic acids is 1. The molecule has 0 unspecified atom stereocenters. The fourth-order valence-corrected chi connectivity index (χ4v) is 7.90. The lowest BCUT2D eigenvalue weighted by Crippen LogP contribution is -2.60. The minimum absolute atomic E-state index is 0.0448. The molecule has 54 heavy (non-hydrogen) atoms. The highest BCUT2D eigenvalue weighted by molar-refractivity contribution is 8.76. The van der Waals surface area contributed by atoms with Gasteiger partial charge in [-0.3, -0.25) is 38.4 Å². The molecule has 1 aromatic rings. The fourth-order valence-electron chi connectivity index (χ4n) is 5.57. The Morgan fingerprint density at radius 2 is 1.26 bits per heavy atom. The second kappa shape index (κ2) is 22.0. The number of unbranched alkanes of at least 4 members (excludes halogenated alkanes) is 1. The van der Waals surface area contributed by atoms with Gasteiger partial charge in [-0.05, 0) is 62.3 Å². The second-order valence-electron chi connectivity index (χ2n) is 13.4. The minimum Gasteiger partial charge on any atom is -0.508 e. The maximum absolute atomic E-state index is 14.0. The molecule has 20 heteroatoms. The van der Waals surface area contributed by atoms with E-state index in [0.717, 1.165) is 0 Å². The van der Waals surface area contributed by atoms with Crippen molar-refractivity contribution in [2.75, 3.05) is 24.6 Å². The molecule has 0 radical (unpaired) electrons. The van der Waals surface area contributed by atoms with Crippen LogP contribution in [0.4, 0.5) is 0 Å². The molecule has 6 atom stereocenters. The number of hydrogen-bond donors (Lipinski definition) is 10. The average molecular weight is 795 g/mol. The Morgan fingerprint density at radius 3 is 1.87 bits per heavy atom. The van der Waals surface area contributed by atoms with E-state index >= 15 is 0 Å². The zero-order valence-electron chi connectivity index (χ0n) is 30.2. The van der Waals surface area contributed by atoms with Crippen molar-refractivity contribution in [2.24, 2.45) is 11.7 Å². The van der Waals surface area contributed by atoms with E-state index in [9.17, 15) is 48.6 Å². The van der Waals surface area contributed by atoms with Crippen LogP contribution in [0.1, 0.15) is 57.9 Å². The standard InChI is InChI=1S/C34H50N8O10S2/c1-18(2)13-23-29(47)36-15-27(44)37-25-16-53-54-17-26(42-33(25)51)34(52)39-22(10-11-28(45)46)31(49)41-24(14-19-6-8-20(43)9-7-19)32(50)38-21(30(48)40-23)5-3-4-12-35/h6-9,18,21-26,43H,3-5,10-17,35H2,1-2H3,(H,36,47)(H,37,44)(H,38,50)(H,39,52)(H,40,48)(H,41,49)(H,42,51)(H,45,46)/t21-,22-,23-,24-,25-,26-/m0/s1. The fraction of sp³-hybridized carbons (Fsp3) is 0.588. The van der Waals surface area contributed by atoms with Crippen LogP contribution in [-0.2, 0) is 44.8 Å². The molecule has 18 nitrogen and oxygen atoms in total. The van der Waals surface area contributed by atoms with Crippen LogP contribution in [0.15, 0.2) is 24.3 Å². The lowest BCUT2D eigenvalue weighted by molar-refractivity contribution is -0.138. The summed E-state index contributed by atoms with van der Waals surface area (Å²) in [6, 6.07) is -1.60. The predicted octanol–water partition coefficient (Wildman–Crippen LogP) is -1.59. The number of hydrogen-bond acceptors (Lipinski definition) is 12. The van der Waals surface area contributed by atoms with Crippen molar-refractivity contribution in [3.05, 3.63) is 29.8 Å². The largest absolute Gasteiger partial charge is 0.508 e. The van der Waals surface area contributed by atoms with Gasteiger partial charge in [-0.1, -0.05) is 47.6 Å². The van der Waals surface area contributed by atoms with Crippen LogP contribution < -0.4 is 43.0 Å². The molecule has 0 aromatic heterocycles. The maximum atomic E-state index is 14.0. The van der Waals surface area contributed by atoms with Gasteiger partial charge in [0.15, 0.2) is 0 Å². The van der Waals surface area contributed by atoms with Gasteiger partial charge in [0.25, 0.3) is 0 Å². The van der Waals surface area contributed by atoms with E-state index < -0.39 is 96.5 Å². The smallest absolute Gasteiger partial charge is 0.303 e. The summed E-state index contributed by atoms with van der Waals surface area (Å²) in [7, 11) is 2.44. The first-order valence-corrected chi connectivity index (χ1v) is 20.2. The number of nitrogens with two attached hydrogens (primary N) is 1. The van der Waals surface area contributed by atoms with Gasteiger partial charge in [0.1, 0.15) is 42.0 Å². The Hall–Kier alpha value is -4.56. The van der Waals surface area contributed by atoms with Crippen molar-refractivity contribution in [1.82, 2.24) is 37.2 Å². The number of fused-ring (bicyclic) bond motifs is 3. The van der Waals surface area contributed by atoms with Gasteiger partial charge < -0.3 is 53.2 Å². The van der Waals surface area contributed by atoms with Crippen LogP contribution in [0.2, 0.25) is 0 Å². The van der Waals surface area contributed by atoms with E-state index in [2.05, 4.69) is 37.2 Å². The third kappa shape index (κ3) is 14.7. The Morgan fingerprint density at radius 1 is 0.722 bits per heavy atom. The van der Waals surface area contributed by atoms with Crippen LogP contribution in [-0.4, -0.2) is 118 Å². The van der Waals surface area contributed by atoms with Crippen LogP contribution in [0.3, 0.4) is 0 Å². The molecule has 0 saturated carbocycles. The Bertz CT molecular complexity index is 1520. The molecule has 3 rings (SSSR count). The van der Waals surface area contributed by atoms with Crippen molar-refractivity contribution in [3.63, 3.8) is 0 Å². The summed E-state index contributed by atoms with van der Waals surface area (Å²) in [5.41, 5.74) is 6.19. The second-order valence-corrected chi connectivity index (χ2v) is 16.0. The number of rotatable bonds is 11. The molecule has 2 heterocycles. The zero-order valence-corrected chi connectivity index (χ0v) is 31.8. The highest BCUT2D eigenvalue weighted by Gasteiger charge is 2.35. The first kappa shape index (κ1) is 43.8. The first-order chi connectivity index (χ1) is 25.7. The summed E-state index contributed by atoms with van der Waals surface area (Å²) in [4.78, 5) is 106. The molecule has 0 aliphatic carbocycles. The molecule has 2 fully saturated rings. The number of phenols is 1. The Labute approximate surface area is 320 Å². The summed E-state index contributed by atoms with van der Waals surface area (Å²) in [5, 5.41) is 37.3. The third-order valence-corrected chi connectivity index (χ3v) is 10.9. The van der Waals surface area contributed by atoms with E-state index in [1.54, 1.807) is 0 Å². The summed E-state index contributed by atoms with van der Waals surface area (Å²) in [6.45, 7) is 3.46. The van der Waals surface area contributed by atoms with Crippen molar-refractivity contribution in [3.8, 4) is 5.75 Å². The van der Waals surface area contributed by atoms with Gasteiger partial charge in [0, 0.05) is 24.3 Å². The first-order valence-electron chi connectivity index (χ1n) is 17.7. The van der Waals surface area contributed by atoms with Crippen LogP contribution >= 0.6 is 21.6 Å². The normalized spacial score (nSPS) is 25.4. The van der Waals surface area contributed by atoms with Gasteiger partial charge >= 0.3 is 5.97 Å². The van der Waals surface area contributed by atoms with Crippen LogP contribution in [0.25, 0.3) is 0 Å². The quantitative estimate of drug-likeness (QED) is 0.0895. The molecule has 11 N–H and O–H groups in total. The number of nitrogens with one attached hydrogen (secondary N) is 7. The number of carboxylic acids is 1. The van der Waals surface area contributed by atoms with E-state index in [1.807, 2.05) is 13.8 Å². The highest BCUT2D eigenvalue weighted by atomic mass is 33.1. The highest BCUT2D eigenvalue weighted by Crippen LogP contribution is 2.25. The summed E-state index contributed by atoms with van der Waals surface area (Å²) >= 11 is 0. The molecular formula is C34H50N8O10S2. The van der Waals surface area contributed by atoms with Gasteiger partial charge in [-0.2, -0.15) is 0 Å². The van der Waals surface area contributed by atoms with Gasteiger partial charge in [0.2, 0.25) is 41.4 Å². The SMILES string of the molecule is CC(C)C[C@@H]1NC(=O)[C@H](CCCCN)NC(=O)[C@H](Cc2ccc(O)cc2)NC(=O)[C@H](CCC(=O)O)NC(=O)[C@@H]2CSSC[C@H](NC(=O)CNC1=O)C(=O)N2. The van der Waals surface area contributed by atoms with Gasteiger partial charge in [-0.15, -0.1) is 0 Å². The van der Waals surface area contributed by atoms with E-state index in [-0.39, 0.29) is 48.9 Å². The summed E-state index contributed by atoms with van der Waals surface area (Å²) in [5.74, 6) is -6.45. The van der Waals surface area contributed by atoms with Crippen LogP contribution in [0.5, 0.6) is 5.75 Å². The maximum Gasteiger partial charge on any atom is 0.303 e. The molecular weight excluding hydrogens is 745 g/mol. The Balaban J connectivity index is 2.05. The molecule has 0 spiro atoms. The number of carbonyl (C=O) groups is 8. The summed E-state index contributed by atoms with van der Waals surface area (Å²) in [6.07, 6.45) is 0.188. The third-order valence-electron chi connectivity index (χ3n) is 8.47. The lowest BCUT2D eigenvalue weighted by atomic mass is 10.0.